The van der Waals surface area contributed by atoms with E-state index in [4.69, 9.17) is 0 Å². The Bertz CT molecular complexity index is 436. The van der Waals surface area contributed by atoms with Gasteiger partial charge in [0.1, 0.15) is 0 Å². The van der Waals surface area contributed by atoms with E-state index in [1.807, 2.05) is 0 Å². The van der Waals surface area contributed by atoms with Crippen molar-refractivity contribution in [3.8, 4) is 0 Å². The molecule has 2 unspecified atom stereocenters. The maximum atomic E-state index is 11.6. The second-order valence-corrected chi connectivity index (χ2v) is 10.6. The fourth-order valence-corrected chi connectivity index (χ4v) is 4.94. The highest BCUT2D eigenvalue weighted by molar-refractivity contribution is 7.86. The van der Waals surface area contributed by atoms with Gasteiger partial charge >= 0.3 is 0 Å². The Labute approximate surface area is 182 Å². The lowest BCUT2D eigenvalue weighted by Gasteiger charge is -2.15. The quantitative estimate of drug-likeness (QED) is 0.137. The zero-order chi connectivity index (χ0) is 21.8. The van der Waals surface area contributed by atoms with E-state index in [0.29, 0.717) is 25.7 Å². The highest BCUT2D eigenvalue weighted by Crippen LogP contribution is 2.20. The number of aliphatic hydroxyl groups is 1. The summed E-state index contributed by atoms with van der Waals surface area (Å²) in [5.41, 5.74) is 0. The van der Waals surface area contributed by atoms with E-state index in [-0.39, 0.29) is 6.10 Å². The summed E-state index contributed by atoms with van der Waals surface area (Å²) in [6.45, 7) is 4.43. The molecule has 0 saturated carbocycles. The molecule has 0 aliphatic heterocycles. The number of hydrogen-bond donors (Lipinski definition) is 2. The molecule has 2 atom stereocenters. The summed E-state index contributed by atoms with van der Waals surface area (Å²) in [6.07, 6.45) is 20.9. The molecule has 0 bridgehead atoms. The first-order valence-corrected chi connectivity index (χ1v) is 14.1. The first-order valence-electron chi connectivity index (χ1n) is 12.6. The third-order valence-corrected chi connectivity index (χ3v) is 7.32. The Balaban J connectivity index is 3.79. The van der Waals surface area contributed by atoms with Crippen LogP contribution in [-0.4, -0.2) is 29.4 Å². The smallest absolute Gasteiger partial charge is 0.267 e. The van der Waals surface area contributed by atoms with E-state index < -0.39 is 15.4 Å². The summed E-state index contributed by atoms with van der Waals surface area (Å²) in [7, 11) is -3.98. The maximum absolute atomic E-state index is 11.6. The molecule has 0 aliphatic rings. The van der Waals surface area contributed by atoms with Crippen LogP contribution < -0.4 is 0 Å². The van der Waals surface area contributed by atoms with Crippen molar-refractivity contribution in [3.05, 3.63) is 0 Å². The predicted octanol–water partition coefficient (Wildman–Crippen LogP) is 7.45. The highest BCUT2D eigenvalue weighted by Gasteiger charge is 2.22. The SMILES string of the molecule is CCCCCCCCCCC(O)CCCC(CCCCCCCCC)S(=O)(=O)O. The lowest BCUT2D eigenvalue weighted by atomic mass is 10.0. The Morgan fingerprint density at radius 2 is 0.897 bits per heavy atom. The lowest BCUT2D eigenvalue weighted by molar-refractivity contribution is 0.147. The Hall–Kier alpha value is -0.130. The van der Waals surface area contributed by atoms with Gasteiger partial charge in [-0.3, -0.25) is 4.55 Å². The van der Waals surface area contributed by atoms with Crippen LogP contribution in [0.2, 0.25) is 0 Å². The summed E-state index contributed by atoms with van der Waals surface area (Å²) in [5, 5.41) is 9.48. The molecule has 0 fully saturated rings. The molecule has 0 aromatic carbocycles. The molecule has 0 rings (SSSR count). The Morgan fingerprint density at radius 3 is 1.34 bits per heavy atom. The maximum Gasteiger partial charge on any atom is 0.267 e. The summed E-state index contributed by atoms with van der Waals surface area (Å²) in [4.78, 5) is 0. The Morgan fingerprint density at radius 1 is 0.552 bits per heavy atom. The molecule has 4 nitrogen and oxygen atoms in total. The predicted molar refractivity (Wildman–Crippen MR) is 125 cm³/mol. The standard InChI is InChI=1S/C24H50O4S/c1-3-5-7-9-11-13-14-16-19-23(25)20-18-22-24(29(26,27)28)21-17-15-12-10-8-6-4-2/h23-25H,3-22H2,1-2H3,(H,26,27,28). The third kappa shape index (κ3) is 19.6. The largest absolute Gasteiger partial charge is 0.393 e. The van der Waals surface area contributed by atoms with Gasteiger partial charge in [-0.2, -0.15) is 8.42 Å². The van der Waals surface area contributed by atoms with Crippen molar-refractivity contribution in [2.45, 2.75) is 154 Å². The summed E-state index contributed by atoms with van der Waals surface area (Å²) in [6, 6.07) is 0. The van der Waals surface area contributed by atoms with Crippen LogP contribution in [0, 0.1) is 0 Å². The van der Waals surface area contributed by atoms with Crippen molar-refractivity contribution in [1.82, 2.24) is 0 Å². The minimum Gasteiger partial charge on any atom is -0.393 e. The molecule has 0 aromatic rings. The van der Waals surface area contributed by atoms with Gasteiger partial charge in [0.2, 0.25) is 0 Å². The van der Waals surface area contributed by atoms with Crippen LogP contribution in [0.4, 0.5) is 0 Å². The van der Waals surface area contributed by atoms with Crippen LogP contribution in [0.5, 0.6) is 0 Å². The van der Waals surface area contributed by atoms with Crippen molar-refractivity contribution in [3.63, 3.8) is 0 Å². The van der Waals surface area contributed by atoms with Crippen LogP contribution in [0.3, 0.4) is 0 Å². The van der Waals surface area contributed by atoms with Crippen LogP contribution in [0.15, 0.2) is 0 Å². The van der Waals surface area contributed by atoms with Gasteiger partial charge in [0, 0.05) is 0 Å². The lowest BCUT2D eigenvalue weighted by Crippen LogP contribution is -2.21. The van der Waals surface area contributed by atoms with Gasteiger partial charge < -0.3 is 5.11 Å². The van der Waals surface area contributed by atoms with Gasteiger partial charge in [0.25, 0.3) is 10.1 Å². The molecule has 176 valence electrons. The molecule has 0 amide bonds. The van der Waals surface area contributed by atoms with E-state index >= 15 is 0 Å². The fraction of sp³-hybridized carbons (Fsp3) is 1.00. The molecule has 0 aromatic heterocycles. The van der Waals surface area contributed by atoms with Crippen molar-refractivity contribution in [1.29, 1.82) is 0 Å². The number of rotatable bonds is 22. The molecule has 2 N–H and O–H groups in total. The minimum absolute atomic E-state index is 0.337. The normalized spacial score (nSPS) is 14.2. The van der Waals surface area contributed by atoms with E-state index in [9.17, 15) is 18.1 Å². The van der Waals surface area contributed by atoms with Gasteiger partial charge in [-0.1, -0.05) is 110 Å². The van der Waals surface area contributed by atoms with Crippen LogP contribution >= 0.6 is 0 Å². The zero-order valence-corrected chi connectivity index (χ0v) is 20.2. The second-order valence-electron chi connectivity index (χ2n) is 8.90. The van der Waals surface area contributed by atoms with E-state index in [2.05, 4.69) is 13.8 Å². The molecule has 0 spiro atoms. The fourth-order valence-electron chi connectivity index (χ4n) is 4.01. The van der Waals surface area contributed by atoms with Crippen molar-refractivity contribution >= 4 is 10.1 Å². The number of unbranched alkanes of at least 4 members (excludes halogenated alkanes) is 13. The molecular weight excluding hydrogens is 384 g/mol. The molecule has 0 aliphatic carbocycles. The van der Waals surface area contributed by atoms with E-state index in [0.717, 1.165) is 32.1 Å². The third-order valence-electron chi connectivity index (χ3n) is 6.01. The van der Waals surface area contributed by atoms with Gasteiger partial charge in [0.15, 0.2) is 0 Å². The van der Waals surface area contributed by atoms with Crippen LogP contribution in [-0.2, 0) is 10.1 Å². The van der Waals surface area contributed by atoms with Gasteiger partial charge in [-0.15, -0.1) is 0 Å². The Kier molecular flexibility index (Phi) is 19.7. The second kappa shape index (κ2) is 19.8. The first-order chi connectivity index (χ1) is 13.9. The van der Waals surface area contributed by atoms with Crippen molar-refractivity contribution < 1.29 is 18.1 Å². The molecular formula is C24H50O4S. The van der Waals surface area contributed by atoms with Crippen LogP contribution in [0.1, 0.15) is 142 Å². The molecule has 29 heavy (non-hydrogen) atoms. The molecule has 0 heterocycles. The van der Waals surface area contributed by atoms with E-state index in [1.54, 1.807) is 0 Å². The molecule has 0 saturated heterocycles. The average Bonchev–Trinajstić information content (AvgIpc) is 2.67. The summed E-state index contributed by atoms with van der Waals surface area (Å²) < 4.78 is 32.8. The molecule has 0 radical (unpaired) electrons. The minimum atomic E-state index is -3.98. The highest BCUT2D eigenvalue weighted by atomic mass is 32.2. The topological polar surface area (TPSA) is 74.6 Å². The van der Waals surface area contributed by atoms with Crippen LogP contribution in [0.25, 0.3) is 0 Å². The average molecular weight is 435 g/mol. The first kappa shape index (κ1) is 28.9. The van der Waals surface area contributed by atoms with Gasteiger partial charge in [-0.25, -0.2) is 0 Å². The van der Waals surface area contributed by atoms with Crippen molar-refractivity contribution in [2.75, 3.05) is 0 Å². The number of aliphatic hydroxyl groups excluding tert-OH is 1. The van der Waals surface area contributed by atoms with Crippen molar-refractivity contribution in [2.24, 2.45) is 0 Å². The zero-order valence-electron chi connectivity index (χ0n) is 19.4. The van der Waals surface area contributed by atoms with Gasteiger partial charge in [0.05, 0.1) is 11.4 Å². The summed E-state index contributed by atoms with van der Waals surface area (Å²) >= 11 is 0. The summed E-state index contributed by atoms with van der Waals surface area (Å²) in [5.74, 6) is 0. The number of hydrogen-bond acceptors (Lipinski definition) is 3. The van der Waals surface area contributed by atoms with Gasteiger partial charge in [-0.05, 0) is 32.1 Å². The van der Waals surface area contributed by atoms with E-state index in [1.165, 1.54) is 70.6 Å². The molecule has 5 heteroatoms. The monoisotopic (exact) mass is 434 g/mol.